The van der Waals surface area contributed by atoms with Crippen LogP contribution >= 0.6 is 11.8 Å². The number of benzene rings is 2. The number of para-hydroxylation sites is 1. The van der Waals surface area contributed by atoms with Gasteiger partial charge in [0.05, 0.1) is 23.5 Å². The molecule has 1 aromatic heterocycles. The molecule has 1 fully saturated rings. The van der Waals surface area contributed by atoms with E-state index in [9.17, 15) is 14.0 Å². The number of hydrogen-bond donors (Lipinski definition) is 2. The fourth-order valence-corrected chi connectivity index (χ4v) is 6.42. The van der Waals surface area contributed by atoms with Gasteiger partial charge in [0.2, 0.25) is 5.91 Å². The van der Waals surface area contributed by atoms with Crippen molar-refractivity contribution in [3.8, 4) is 11.5 Å². The Labute approximate surface area is 218 Å². The maximum absolute atomic E-state index is 14.3. The maximum Gasteiger partial charge on any atom is 0.327 e. The second kappa shape index (κ2) is 9.35. The van der Waals surface area contributed by atoms with Crippen LogP contribution in [0.4, 0.5) is 20.6 Å². The molecule has 2 unspecified atom stereocenters. The van der Waals surface area contributed by atoms with Gasteiger partial charge in [-0.1, -0.05) is 30.0 Å². The summed E-state index contributed by atoms with van der Waals surface area (Å²) in [6, 6.07) is 15.4. The number of nitrogens with one attached hydrogen (secondary N) is 2. The second-order valence-corrected chi connectivity index (χ2v) is 10.7. The summed E-state index contributed by atoms with van der Waals surface area (Å²) < 4.78 is 20.3. The van der Waals surface area contributed by atoms with Crippen LogP contribution in [0.1, 0.15) is 17.2 Å². The van der Waals surface area contributed by atoms with Crippen LogP contribution in [-0.2, 0) is 4.79 Å². The lowest BCUT2D eigenvalue weighted by Gasteiger charge is -2.35. The molecule has 37 heavy (non-hydrogen) atoms. The Morgan fingerprint density at radius 1 is 1.14 bits per heavy atom. The van der Waals surface area contributed by atoms with E-state index in [1.165, 1.54) is 11.8 Å². The Hall–Kier alpha value is -3.63. The molecule has 3 aliphatic heterocycles. The van der Waals surface area contributed by atoms with Gasteiger partial charge in [0.1, 0.15) is 27.9 Å². The van der Waals surface area contributed by atoms with Crippen molar-refractivity contribution in [2.75, 3.05) is 25.0 Å². The summed E-state index contributed by atoms with van der Waals surface area (Å²) in [7, 11) is 1.83. The third-order valence-corrected chi connectivity index (χ3v) is 8.20. The Balaban J connectivity index is 1.27. The zero-order chi connectivity index (χ0) is 25.7. The van der Waals surface area contributed by atoms with Crippen LogP contribution < -0.4 is 20.3 Å². The van der Waals surface area contributed by atoms with Gasteiger partial charge in [0.25, 0.3) is 0 Å². The highest BCUT2D eigenvalue weighted by Gasteiger charge is 2.47. The first-order valence-electron chi connectivity index (χ1n) is 12.1. The summed E-state index contributed by atoms with van der Waals surface area (Å²) >= 11 is 1.30. The van der Waals surface area contributed by atoms with Gasteiger partial charge >= 0.3 is 6.03 Å². The molecule has 4 atom stereocenters. The van der Waals surface area contributed by atoms with Crippen LogP contribution in [0.3, 0.4) is 0 Å². The van der Waals surface area contributed by atoms with Gasteiger partial charge in [-0.05, 0) is 55.9 Å². The minimum Gasteiger partial charge on any atom is -0.457 e. The van der Waals surface area contributed by atoms with Crippen molar-refractivity contribution < 1.29 is 18.7 Å². The van der Waals surface area contributed by atoms with E-state index in [4.69, 9.17) is 4.74 Å². The standard InChI is InChI=1S/C27H26FN5O3S/c1-15-12-17(36-16-6-4-3-5-7-16)8-9-20(15)33-21-10-11-29-26-22(21)23(31-27(33)35)24(37-26)25(34)30-19-14-32(2)13-18(19)28/h3-12,18-19,23-24H,13-14H2,1-2H3,(H,30,34)(H,31,35)/t18-,19-,23?,24?/m0/s1. The smallest absolute Gasteiger partial charge is 0.327 e. The highest BCUT2D eigenvalue weighted by atomic mass is 32.2. The highest BCUT2D eigenvalue weighted by molar-refractivity contribution is 8.01. The van der Waals surface area contributed by atoms with Gasteiger partial charge in [-0.25, -0.2) is 14.2 Å². The van der Waals surface area contributed by atoms with Crippen molar-refractivity contribution in [3.05, 3.63) is 71.9 Å². The number of pyridine rings is 1. The van der Waals surface area contributed by atoms with Crippen LogP contribution in [0.2, 0.25) is 0 Å². The SMILES string of the molecule is Cc1cc(Oc2ccccc2)ccc1N1C(=O)NC2c3c1ccnc3SC2C(=O)N[C@H]1CN(C)C[C@@H]1F. The molecule has 3 aromatic rings. The summed E-state index contributed by atoms with van der Waals surface area (Å²) in [5, 5.41) is 5.92. The van der Waals surface area contributed by atoms with Gasteiger partial charge in [-0.15, -0.1) is 0 Å². The molecule has 4 heterocycles. The number of thioether (sulfide) groups is 1. The van der Waals surface area contributed by atoms with Gasteiger partial charge in [0, 0.05) is 24.8 Å². The first-order valence-corrected chi connectivity index (χ1v) is 13.0. The molecule has 10 heteroatoms. The number of rotatable bonds is 5. The maximum atomic E-state index is 14.3. The van der Waals surface area contributed by atoms with Crippen LogP contribution in [0.25, 0.3) is 0 Å². The van der Waals surface area contributed by atoms with Gasteiger partial charge in [-0.3, -0.25) is 9.69 Å². The minimum absolute atomic E-state index is 0.290. The number of aromatic nitrogens is 1. The molecule has 3 aliphatic rings. The summed E-state index contributed by atoms with van der Waals surface area (Å²) in [4.78, 5) is 34.6. The number of likely N-dealkylation sites (N-methyl/N-ethyl adjacent to an activating group) is 1. The zero-order valence-electron chi connectivity index (χ0n) is 20.3. The molecule has 8 nitrogen and oxygen atoms in total. The summed E-state index contributed by atoms with van der Waals surface area (Å²) in [5.41, 5.74) is 3.05. The average molecular weight is 520 g/mol. The first kappa shape index (κ1) is 23.7. The average Bonchev–Trinajstić information content (AvgIpc) is 3.40. The van der Waals surface area contributed by atoms with E-state index < -0.39 is 23.5 Å². The molecule has 0 bridgehead atoms. The van der Waals surface area contributed by atoms with Crippen LogP contribution in [0, 0.1) is 6.92 Å². The molecular formula is C27H26FN5O3S. The van der Waals surface area contributed by atoms with E-state index in [1.807, 2.05) is 67.4 Å². The Bertz CT molecular complexity index is 1370. The molecule has 0 saturated carbocycles. The number of nitrogens with zero attached hydrogens (tertiary/aromatic N) is 3. The first-order chi connectivity index (χ1) is 17.9. The number of alkyl halides is 1. The summed E-state index contributed by atoms with van der Waals surface area (Å²) in [6.45, 7) is 2.66. The van der Waals surface area contributed by atoms with E-state index in [-0.39, 0.29) is 11.9 Å². The molecule has 0 aliphatic carbocycles. The molecule has 2 aromatic carbocycles. The molecule has 3 amide bonds. The predicted molar refractivity (Wildman–Crippen MR) is 139 cm³/mol. The third-order valence-electron chi connectivity index (χ3n) is 6.91. The highest BCUT2D eigenvalue weighted by Crippen LogP contribution is 2.51. The predicted octanol–water partition coefficient (Wildman–Crippen LogP) is 4.33. The van der Waals surface area contributed by atoms with Gasteiger partial charge < -0.3 is 20.3 Å². The molecule has 2 N–H and O–H groups in total. The lowest BCUT2D eigenvalue weighted by molar-refractivity contribution is -0.121. The Morgan fingerprint density at radius 2 is 1.95 bits per heavy atom. The van der Waals surface area contributed by atoms with Crippen LogP contribution in [0.15, 0.2) is 65.8 Å². The van der Waals surface area contributed by atoms with Crippen molar-refractivity contribution in [1.29, 1.82) is 0 Å². The summed E-state index contributed by atoms with van der Waals surface area (Å²) in [6.07, 6.45) is 0.528. The van der Waals surface area contributed by atoms with Crippen molar-refractivity contribution in [2.45, 2.75) is 35.5 Å². The van der Waals surface area contributed by atoms with E-state index in [1.54, 1.807) is 17.2 Å². The number of urea groups is 1. The fraction of sp³-hybridized carbons (Fsp3) is 0.296. The molecule has 0 spiro atoms. The lowest BCUT2D eigenvalue weighted by atomic mass is 9.99. The molecule has 0 radical (unpaired) electrons. The number of hydrogen-bond acceptors (Lipinski definition) is 6. The third kappa shape index (κ3) is 4.30. The van der Waals surface area contributed by atoms with E-state index in [0.29, 0.717) is 35.2 Å². The van der Waals surface area contributed by atoms with Crippen molar-refractivity contribution >= 4 is 35.1 Å². The Morgan fingerprint density at radius 3 is 2.68 bits per heavy atom. The normalized spacial score (nSPS) is 24.5. The number of ether oxygens (including phenoxy) is 1. The van der Waals surface area contributed by atoms with Crippen molar-refractivity contribution in [3.63, 3.8) is 0 Å². The number of carbonyl (C=O) groups excluding carboxylic acids is 2. The van der Waals surface area contributed by atoms with E-state index >= 15 is 0 Å². The van der Waals surface area contributed by atoms with Gasteiger partial charge in [-0.2, -0.15) is 0 Å². The number of amides is 3. The number of likely N-dealkylation sites (tertiary alicyclic amines) is 1. The molecular weight excluding hydrogens is 493 g/mol. The van der Waals surface area contributed by atoms with E-state index in [2.05, 4.69) is 15.6 Å². The number of carbonyl (C=O) groups is 2. The van der Waals surface area contributed by atoms with E-state index in [0.717, 1.165) is 16.9 Å². The molecule has 1 saturated heterocycles. The number of aryl methyl sites for hydroxylation is 1. The minimum atomic E-state index is -1.12. The summed E-state index contributed by atoms with van der Waals surface area (Å²) in [5.74, 6) is 1.10. The number of halogens is 1. The topological polar surface area (TPSA) is 86.8 Å². The largest absolute Gasteiger partial charge is 0.457 e. The van der Waals surface area contributed by atoms with Crippen LogP contribution in [-0.4, -0.2) is 59.4 Å². The Kier molecular flexibility index (Phi) is 6.00. The molecule has 190 valence electrons. The second-order valence-electron chi connectivity index (χ2n) is 9.57. The molecule has 6 rings (SSSR count). The van der Waals surface area contributed by atoms with Crippen molar-refractivity contribution in [2.24, 2.45) is 0 Å². The fourth-order valence-electron chi connectivity index (χ4n) is 5.18. The number of anilines is 2. The zero-order valence-corrected chi connectivity index (χ0v) is 21.2. The lowest BCUT2D eigenvalue weighted by Crippen LogP contribution is -2.51. The van der Waals surface area contributed by atoms with Crippen molar-refractivity contribution in [1.82, 2.24) is 20.5 Å². The van der Waals surface area contributed by atoms with Crippen LogP contribution in [0.5, 0.6) is 11.5 Å². The quantitative estimate of drug-likeness (QED) is 0.522. The monoisotopic (exact) mass is 519 g/mol. The van der Waals surface area contributed by atoms with Gasteiger partial charge in [0.15, 0.2) is 0 Å².